The van der Waals surface area contributed by atoms with Gasteiger partial charge in [-0.2, -0.15) is 18.4 Å². The molecule has 2 aliphatic rings. The molecule has 1 aromatic carbocycles. The third-order valence-corrected chi connectivity index (χ3v) is 4.11. The molecule has 2 aliphatic heterocycles. The molecule has 0 N–H and O–H groups in total. The van der Waals surface area contributed by atoms with Gasteiger partial charge in [-0.25, -0.2) is 0 Å². The normalized spacial score (nSPS) is 25.5. The monoisotopic (exact) mass is 312 g/mol. The van der Waals surface area contributed by atoms with Crippen LogP contribution in [0.4, 0.5) is 18.9 Å². The minimum atomic E-state index is -4.52. The lowest BCUT2D eigenvalue weighted by atomic mass is 9.99. The van der Waals surface area contributed by atoms with Crippen LogP contribution in [-0.2, 0) is 15.7 Å². The van der Waals surface area contributed by atoms with Crippen molar-refractivity contribution in [2.45, 2.75) is 18.2 Å². The average molecular weight is 312 g/mol. The number of halogens is 3. The van der Waals surface area contributed by atoms with Crippen molar-refractivity contribution in [2.75, 3.05) is 37.8 Å². The Hall–Kier alpha value is -1.78. The predicted octanol–water partition coefficient (Wildman–Crippen LogP) is 2.57. The van der Waals surface area contributed by atoms with Crippen LogP contribution in [0.15, 0.2) is 18.2 Å². The van der Waals surface area contributed by atoms with Crippen LogP contribution in [0.5, 0.6) is 0 Å². The fourth-order valence-corrected chi connectivity index (χ4v) is 2.96. The van der Waals surface area contributed by atoms with Crippen LogP contribution in [0.2, 0.25) is 0 Å². The van der Waals surface area contributed by atoms with Crippen molar-refractivity contribution < 1.29 is 22.6 Å². The summed E-state index contributed by atoms with van der Waals surface area (Å²) < 4.78 is 49.7. The molecule has 118 valence electrons. The number of nitriles is 1. The van der Waals surface area contributed by atoms with Crippen molar-refractivity contribution in [3.63, 3.8) is 0 Å². The minimum absolute atomic E-state index is 0.354. The van der Waals surface area contributed by atoms with Crippen molar-refractivity contribution >= 4 is 5.69 Å². The summed E-state index contributed by atoms with van der Waals surface area (Å²) in [5.74, 6) is 0. The number of anilines is 1. The summed E-state index contributed by atoms with van der Waals surface area (Å²) in [5.41, 5.74) is -1.02. The summed E-state index contributed by atoms with van der Waals surface area (Å²) in [6.45, 7) is 2.76. The fourth-order valence-electron chi connectivity index (χ4n) is 2.96. The summed E-state index contributed by atoms with van der Waals surface area (Å²) in [4.78, 5) is 1.96. The van der Waals surface area contributed by atoms with Gasteiger partial charge in [0.15, 0.2) is 0 Å². The quantitative estimate of drug-likeness (QED) is 0.799. The molecule has 0 saturated carbocycles. The number of morpholine rings is 1. The van der Waals surface area contributed by atoms with Gasteiger partial charge in [-0.15, -0.1) is 0 Å². The van der Waals surface area contributed by atoms with Gasteiger partial charge in [-0.05, 0) is 18.2 Å². The molecular weight excluding hydrogens is 297 g/mol. The zero-order valence-corrected chi connectivity index (χ0v) is 11.8. The van der Waals surface area contributed by atoms with E-state index in [1.54, 1.807) is 6.07 Å². The first kappa shape index (κ1) is 15.1. The molecule has 0 amide bonds. The van der Waals surface area contributed by atoms with Crippen molar-refractivity contribution in [1.82, 2.24) is 0 Å². The highest BCUT2D eigenvalue weighted by Gasteiger charge is 2.41. The van der Waals surface area contributed by atoms with E-state index in [0.717, 1.165) is 12.5 Å². The van der Waals surface area contributed by atoms with Gasteiger partial charge in [-0.3, -0.25) is 0 Å². The van der Waals surface area contributed by atoms with E-state index in [-0.39, 0.29) is 11.2 Å². The Balaban J connectivity index is 1.87. The maximum atomic E-state index is 12.8. The van der Waals surface area contributed by atoms with Crippen LogP contribution >= 0.6 is 0 Å². The summed E-state index contributed by atoms with van der Waals surface area (Å²) in [7, 11) is 0. The molecule has 2 heterocycles. The largest absolute Gasteiger partial charge is 0.417 e. The Morgan fingerprint density at radius 2 is 2.09 bits per heavy atom. The highest BCUT2D eigenvalue weighted by molar-refractivity contribution is 5.56. The SMILES string of the molecule is N#Cc1cc(N2CCOC3(CCOC3)C2)ccc1C(F)(F)F. The summed E-state index contributed by atoms with van der Waals surface area (Å²) in [6.07, 6.45) is -3.75. The van der Waals surface area contributed by atoms with Gasteiger partial charge < -0.3 is 14.4 Å². The maximum Gasteiger partial charge on any atom is 0.417 e. The highest BCUT2D eigenvalue weighted by Crippen LogP contribution is 2.35. The lowest BCUT2D eigenvalue weighted by molar-refractivity contribution is -0.137. The molecule has 2 fully saturated rings. The van der Waals surface area contributed by atoms with E-state index in [1.165, 1.54) is 12.1 Å². The van der Waals surface area contributed by atoms with Gasteiger partial charge in [0.2, 0.25) is 0 Å². The lowest BCUT2D eigenvalue weighted by Crippen LogP contribution is -2.52. The lowest BCUT2D eigenvalue weighted by Gasteiger charge is -2.40. The number of rotatable bonds is 1. The molecule has 0 bridgehead atoms. The second kappa shape index (κ2) is 5.45. The molecule has 22 heavy (non-hydrogen) atoms. The second-order valence-corrected chi connectivity index (χ2v) is 5.60. The number of ether oxygens (including phenoxy) is 2. The van der Waals surface area contributed by atoms with E-state index >= 15 is 0 Å². The Kier molecular flexibility index (Phi) is 3.75. The number of benzene rings is 1. The average Bonchev–Trinajstić information content (AvgIpc) is 2.93. The van der Waals surface area contributed by atoms with Crippen molar-refractivity contribution in [1.29, 1.82) is 5.26 Å². The first-order valence-corrected chi connectivity index (χ1v) is 7.02. The third kappa shape index (κ3) is 2.76. The third-order valence-electron chi connectivity index (χ3n) is 4.11. The molecule has 0 aliphatic carbocycles. The molecule has 7 heteroatoms. The topological polar surface area (TPSA) is 45.5 Å². The zero-order valence-electron chi connectivity index (χ0n) is 11.8. The second-order valence-electron chi connectivity index (χ2n) is 5.60. The van der Waals surface area contributed by atoms with E-state index in [0.29, 0.717) is 38.6 Å². The summed E-state index contributed by atoms with van der Waals surface area (Å²) in [5, 5.41) is 9.00. The van der Waals surface area contributed by atoms with Crippen molar-refractivity contribution in [3.8, 4) is 6.07 Å². The number of hydrogen-bond donors (Lipinski definition) is 0. The fraction of sp³-hybridized carbons (Fsp3) is 0.533. The van der Waals surface area contributed by atoms with Gasteiger partial charge in [-0.1, -0.05) is 0 Å². The molecule has 2 saturated heterocycles. The number of hydrogen-bond acceptors (Lipinski definition) is 4. The standard InChI is InChI=1S/C15H15F3N2O2/c16-15(17,18)13-2-1-12(7-11(13)8-19)20-4-6-22-14(9-20)3-5-21-10-14/h1-2,7H,3-6,9-10H2. The van der Waals surface area contributed by atoms with E-state index in [1.807, 2.05) is 4.90 Å². The summed E-state index contributed by atoms with van der Waals surface area (Å²) >= 11 is 0. The zero-order chi connectivity index (χ0) is 15.8. The minimum Gasteiger partial charge on any atom is -0.378 e. The van der Waals surface area contributed by atoms with E-state index < -0.39 is 11.7 Å². The molecule has 4 nitrogen and oxygen atoms in total. The highest BCUT2D eigenvalue weighted by atomic mass is 19.4. The summed E-state index contributed by atoms with van der Waals surface area (Å²) in [6, 6.07) is 5.33. The van der Waals surface area contributed by atoms with Crippen molar-refractivity contribution in [3.05, 3.63) is 29.3 Å². The molecule has 1 atom stereocenters. The van der Waals surface area contributed by atoms with Crippen LogP contribution < -0.4 is 4.90 Å². The predicted molar refractivity (Wildman–Crippen MR) is 72.5 cm³/mol. The molecule has 1 spiro atoms. The van der Waals surface area contributed by atoms with Gasteiger partial charge in [0, 0.05) is 31.8 Å². The van der Waals surface area contributed by atoms with Gasteiger partial charge in [0.05, 0.1) is 30.4 Å². The van der Waals surface area contributed by atoms with Crippen molar-refractivity contribution in [2.24, 2.45) is 0 Å². The molecule has 1 aromatic rings. The molecule has 0 radical (unpaired) electrons. The molecule has 0 aromatic heterocycles. The molecule has 1 unspecified atom stereocenters. The van der Waals surface area contributed by atoms with E-state index in [9.17, 15) is 13.2 Å². The Labute approximate surface area is 126 Å². The first-order chi connectivity index (χ1) is 10.4. The van der Waals surface area contributed by atoms with Crippen LogP contribution in [0.1, 0.15) is 17.5 Å². The number of alkyl halides is 3. The van der Waals surface area contributed by atoms with Gasteiger partial charge >= 0.3 is 6.18 Å². The molecule has 3 rings (SSSR count). The van der Waals surface area contributed by atoms with E-state index in [4.69, 9.17) is 14.7 Å². The van der Waals surface area contributed by atoms with Crippen LogP contribution in [-0.4, -0.2) is 38.5 Å². The smallest absolute Gasteiger partial charge is 0.378 e. The first-order valence-electron chi connectivity index (χ1n) is 7.02. The van der Waals surface area contributed by atoms with Crippen LogP contribution in [0.25, 0.3) is 0 Å². The Morgan fingerprint density at radius 1 is 1.27 bits per heavy atom. The van der Waals surface area contributed by atoms with Gasteiger partial charge in [0.25, 0.3) is 0 Å². The number of nitrogens with zero attached hydrogens (tertiary/aromatic N) is 2. The Morgan fingerprint density at radius 3 is 2.73 bits per heavy atom. The van der Waals surface area contributed by atoms with Gasteiger partial charge in [0.1, 0.15) is 5.60 Å². The van der Waals surface area contributed by atoms with E-state index in [2.05, 4.69) is 0 Å². The van der Waals surface area contributed by atoms with Crippen LogP contribution in [0.3, 0.4) is 0 Å². The maximum absolute atomic E-state index is 12.8. The van der Waals surface area contributed by atoms with Crippen LogP contribution in [0, 0.1) is 11.3 Å². The molecular formula is C15H15F3N2O2. The Bertz CT molecular complexity index is 604.